The van der Waals surface area contributed by atoms with Crippen LogP contribution in [0.5, 0.6) is 0 Å². The molecule has 3 heteroatoms. The standard InChI is InChI=1S/C11H24N2O/c1-3-13(4-2)8-7-12-10-11-6-5-9-14-11/h11-12H,3-10H2,1-2H3/t11-/m0/s1. The molecule has 1 aliphatic rings. The summed E-state index contributed by atoms with van der Waals surface area (Å²) in [6, 6.07) is 0. The molecule has 0 aromatic heterocycles. The van der Waals surface area contributed by atoms with Crippen LogP contribution in [0.3, 0.4) is 0 Å². The van der Waals surface area contributed by atoms with Crippen molar-refractivity contribution in [2.75, 3.05) is 39.3 Å². The van der Waals surface area contributed by atoms with Crippen LogP contribution in [0.4, 0.5) is 0 Å². The van der Waals surface area contributed by atoms with Crippen molar-refractivity contribution in [2.45, 2.75) is 32.8 Å². The zero-order chi connectivity index (χ0) is 10.2. The molecule has 1 fully saturated rings. The van der Waals surface area contributed by atoms with E-state index < -0.39 is 0 Å². The Hall–Kier alpha value is -0.120. The summed E-state index contributed by atoms with van der Waals surface area (Å²) in [6.07, 6.45) is 2.95. The SMILES string of the molecule is CCN(CC)CCNC[C@@H]1CCCO1. The molecule has 14 heavy (non-hydrogen) atoms. The number of rotatable bonds is 7. The summed E-state index contributed by atoms with van der Waals surface area (Å²) in [7, 11) is 0. The van der Waals surface area contributed by atoms with Crippen molar-refractivity contribution in [2.24, 2.45) is 0 Å². The summed E-state index contributed by atoms with van der Waals surface area (Å²) in [4.78, 5) is 2.43. The molecule has 3 nitrogen and oxygen atoms in total. The van der Waals surface area contributed by atoms with Gasteiger partial charge in [0.05, 0.1) is 6.10 Å². The lowest BCUT2D eigenvalue weighted by molar-refractivity contribution is 0.109. The predicted octanol–water partition coefficient (Wildman–Crippen LogP) is 1.10. The summed E-state index contributed by atoms with van der Waals surface area (Å²) in [5.41, 5.74) is 0. The summed E-state index contributed by atoms with van der Waals surface area (Å²) in [5.74, 6) is 0. The monoisotopic (exact) mass is 200 g/mol. The van der Waals surface area contributed by atoms with Gasteiger partial charge < -0.3 is 15.0 Å². The van der Waals surface area contributed by atoms with Crippen LogP contribution >= 0.6 is 0 Å². The first-order valence-corrected chi connectivity index (χ1v) is 5.91. The lowest BCUT2D eigenvalue weighted by Crippen LogP contribution is -2.35. The second-order valence-corrected chi connectivity index (χ2v) is 3.87. The molecular weight excluding hydrogens is 176 g/mol. The van der Waals surface area contributed by atoms with E-state index in [-0.39, 0.29) is 0 Å². The van der Waals surface area contributed by atoms with E-state index in [2.05, 4.69) is 24.1 Å². The van der Waals surface area contributed by atoms with Gasteiger partial charge in [0.15, 0.2) is 0 Å². The van der Waals surface area contributed by atoms with Crippen LogP contribution in [0.1, 0.15) is 26.7 Å². The maximum Gasteiger partial charge on any atom is 0.0700 e. The zero-order valence-electron chi connectivity index (χ0n) is 9.59. The highest BCUT2D eigenvalue weighted by atomic mass is 16.5. The van der Waals surface area contributed by atoms with Gasteiger partial charge in [0.25, 0.3) is 0 Å². The van der Waals surface area contributed by atoms with Crippen LogP contribution in [-0.4, -0.2) is 50.3 Å². The summed E-state index contributed by atoms with van der Waals surface area (Å²) in [6.45, 7) is 11.0. The highest BCUT2D eigenvalue weighted by Crippen LogP contribution is 2.10. The van der Waals surface area contributed by atoms with Gasteiger partial charge in [-0.25, -0.2) is 0 Å². The Morgan fingerprint density at radius 3 is 2.71 bits per heavy atom. The largest absolute Gasteiger partial charge is 0.377 e. The fourth-order valence-corrected chi connectivity index (χ4v) is 1.85. The molecule has 0 aromatic carbocycles. The third-order valence-corrected chi connectivity index (χ3v) is 2.90. The average Bonchev–Trinajstić information content (AvgIpc) is 2.71. The van der Waals surface area contributed by atoms with E-state index in [9.17, 15) is 0 Å². The van der Waals surface area contributed by atoms with Gasteiger partial charge in [0, 0.05) is 26.2 Å². The Morgan fingerprint density at radius 2 is 2.14 bits per heavy atom. The van der Waals surface area contributed by atoms with Crippen molar-refractivity contribution in [3.8, 4) is 0 Å². The molecule has 0 aromatic rings. The molecule has 0 amide bonds. The van der Waals surface area contributed by atoms with Gasteiger partial charge in [0.1, 0.15) is 0 Å². The van der Waals surface area contributed by atoms with Crippen LogP contribution in [0.25, 0.3) is 0 Å². The highest BCUT2D eigenvalue weighted by Gasteiger charge is 2.14. The first-order chi connectivity index (χ1) is 6.86. The minimum atomic E-state index is 0.478. The van der Waals surface area contributed by atoms with Crippen molar-refractivity contribution in [3.05, 3.63) is 0 Å². The number of nitrogens with zero attached hydrogens (tertiary/aromatic N) is 1. The van der Waals surface area contributed by atoms with Gasteiger partial charge in [-0.05, 0) is 25.9 Å². The quantitative estimate of drug-likeness (QED) is 0.623. The van der Waals surface area contributed by atoms with Gasteiger partial charge in [0.2, 0.25) is 0 Å². The fraction of sp³-hybridized carbons (Fsp3) is 1.00. The minimum absolute atomic E-state index is 0.478. The molecule has 1 rings (SSSR count). The smallest absolute Gasteiger partial charge is 0.0700 e. The van der Waals surface area contributed by atoms with E-state index in [0.29, 0.717) is 6.10 Å². The Bertz CT molecular complexity index is 127. The zero-order valence-corrected chi connectivity index (χ0v) is 9.59. The van der Waals surface area contributed by atoms with E-state index in [0.717, 1.165) is 39.3 Å². The molecule has 0 unspecified atom stereocenters. The van der Waals surface area contributed by atoms with Crippen LogP contribution in [0, 0.1) is 0 Å². The molecule has 0 saturated carbocycles. The molecule has 1 aliphatic heterocycles. The fourth-order valence-electron chi connectivity index (χ4n) is 1.85. The summed E-state index contributed by atoms with van der Waals surface area (Å²) < 4.78 is 5.54. The number of hydrogen-bond donors (Lipinski definition) is 1. The van der Waals surface area contributed by atoms with Crippen LogP contribution in [0.15, 0.2) is 0 Å². The average molecular weight is 200 g/mol. The second-order valence-electron chi connectivity index (χ2n) is 3.87. The van der Waals surface area contributed by atoms with Crippen molar-refractivity contribution in [1.82, 2.24) is 10.2 Å². The molecule has 1 heterocycles. The molecule has 1 saturated heterocycles. The lowest BCUT2D eigenvalue weighted by Gasteiger charge is -2.18. The van der Waals surface area contributed by atoms with Crippen molar-refractivity contribution in [1.29, 1.82) is 0 Å². The van der Waals surface area contributed by atoms with Gasteiger partial charge in [-0.3, -0.25) is 0 Å². The summed E-state index contributed by atoms with van der Waals surface area (Å²) >= 11 is 0. The number of hydrogen-bond acceptors (Lipinski definition) is 3. The normalized spacial score (nSPS) is 22.1. The van der Waals surface area contributed by atoms with E-state index >= 15 is 0 Å². The number of nitrogens with one attached hydrogen (secondary N) is 1. The second kappa shape index (κ2) is 7.21. The molecule has 0 spiro atoms. The first-order valence-electron chi connectivity index (χ1n) is 5.91. The topological polar surface area (TPSA) is 24.5 Å². The molecule has 84 valence electrons. The summed E-state index contributed by atoms with van der Waals surface area (Å²) in [5, 5.41) is 3.46. The maximum absolute atomic E-state index is 5.54. The van der Waals surface area contributed by atoms with E-state index in [1.807, 2.05) is 0 Å². The molecule has 0 bridgehead atoms. The van der Waals surface area contributed by atoms with Crippen molar-refractivity contribution in [3.63, 3.8) is 0 Å². The third-order valence-electron chi connectivity index (χ3n) is 2.90. The molecule has 0 aliphatic carbocycles. The van der Waals surface area contributed by atoms with E-state index in [1.165, 1.54) is 12.8 Å². The Labute approximate surface area is 87.8 Å². The number of ether oxygens (including phenoxy) is 1. The molecular formula is C11H24N2O. The van der Waals surface area contributed by atoms with Crippen LogP contribution < -0.4 is 5.32 Å². The molecule has 1 N–H and O–H groups in total. The molecule has 0 radical (unpaired) electrons. The number of likely N-dealkylation sites (N-methyl/N-ethyl adjacent to an activating group) is 1. The van der Waals surface area contributed by atoms with E-state index in [4.69, 9.17) is 4.74 Å². The highest BCUT2D eigenvalue weighted by molar-refractivity contribution is 4.67. The van der Waals surface area contributed by atoms with Gasteiger partial charge in [-0.15, -0.1) is 0 Å². The Kier molecular flexibility index (Phi) is 6.15. The Morgan fingerprint density at radius 1 is 1.36 bits per heavy atom. The molecule has 1 atom stereocenters. The minimum Gasteiger partial charge on any atom is -0.377 e. The van der Waals surface area contributed by atoms with Gasteiger partial charge in [-0.2, -0.15) is 0 Å². The maximum atomic E-state index is 5.54. The van der Waals surface area contributed by atoms with Crippen molar-refractivity contribution >= 4 is 0 Å². The van der Waals surface area contributed by atoms with Crippen molar-refractivity contribution < 1.29 is 4.74 Å². The van der Waals surface area contributed by atoms with Gasteiger partial charge in [-0.1, -0.05) is 13.8 Å². The third kappa shape index (κ3) is 4.40. The van der Waals surface area contributed by atoms with Crippen LogP contribution in [-0.2, 0) is 4.74 Å². The van der Waals surface area contributed by atoms with Gasteiger partial charge >= 0.3 is 0 Å². The van der Waals surface area contributed by atoms with E-state index in [1.54, 1.807) is 0 Å². The predicted molar refractivity (Wildman–Crippen MR) is 59.6 cm³/mol. The Balaban J connectivity index is 1.92. The lowest BCUT2D eigenvalue weighted by atomic mass is 10.2. The first kappa shape index (κ1) is 12.0. The van der Waals surface area contributed by atoms with Crippen LogP contribution in [0.2, 0.25) is 0 Å².